The highest BCUT2D eigenvalue weighted by Crippen LogP contribution is 1.73. The van der Waals surface area contributed by atoms with Gasteiger partial charge in [-0.15, -0.1) is 0 Å². The number of hydrogen-bond donors (Lipinski definition) is 0. The molecule has 10 heteroatoms. The van der Waals surface area contributed by atoms with Gasteiger partial charge in [-0.25, -0.2) is 0 Å². The predicted molar refractivity (Wildman–Crippen MR) is 182 cm³/mol. The Morgan fingerprint density at radius 2 is 0.250 bits per heavy atom. The first-order valence-corrected chi connectivity index (χ1v) is 14.3. The third-order valence-corrected chi connectivity index (χ3v) is 1.99. The van der Waals surface area contributed by atoms with E-state index >= 15 is 0 Å². The molecular formula is C34H68O10. The molecule has 0 aromatic rings. The third-order valence-electron chi connectivity index (χ3n) is 1.99. The first kappa shape index (κ1) is 68.1. The van der Waals surface area contributed by atoms with E-state index in [0.29, 0.717) is 25.7 Å². The van der Waals surface area contributed by atoms with Crippen LogP contribution in [0.25, 0.3) is 0 Å². The van der Waals surface area contributed by atoms with Crippen LogP contribution in [0.2, 0.25) is 0 Å². The van der Waals surface area contributed by atoms with E-state index in [-0.39, 0.29) is 57.8 Å². The van der Waals surface area contributed by atoms with Crippen LogP contribution in [-0.2, 0) is 47.9 Å². The van der Waals surface area contributed by atoms with Gasteiger partial charge in [0.15, 0.2) is 0 Å². The summed E-state index contributed by atoms with van der Waals surface area (Å²) < 4.78 is 0. The molecule has 0 aliphatic rings. The maximum Gasteiger partial charge on any atom is 0.129 e. The van der Waals surface area contributed by atoms with Gasteiger partial charge in [-0.1, -0.05) is 27.7 Å². The fraction of sp³-hybridized carbons (Fsp3) is 0.706. The summed E-state index contributed by atoms with van der Waals surface area (Å²) in [4.78, 5) is 95.9. The van der Waals surface area contributed by atoms with Crippen molar-refractivity contribution in [3.05, 3.63) is 0 Å². The van der Waals surface area contributed by atoms with Crippen molar-refractivity contribution in [1.82, 2.24) is 0 Å². The zero-order valence-corrected chi connectivity index (χ0v) is 31.9. The summed E-state index contributed by atoms with van der Waals surface area (Å²) in [5.41, 5.74) is 0. The van der Waals surface area contributed by atoms with Gasteiger partial charge < -0.3 is 47.9 Å². The van der Waals surface area contributed by atoms with Gasteiger partial charge in [0, 0.05) is 25.7 Å². The molecule has 264 valence electrons. The van der Waals surface area contributed by atoms with E-state index in [1.165, 1.54) is 83.1 Å². The Hall–Kier alpha value is -3.30. The van der Waals surface area contributed by atoms with Gasteiger partial charge in [-0.05, 0) is 111 Å². The lowest BCUT2D eigenvalue weighted by Gasteiger charge is -1.71. The molecule has 0 aliphatic heterocycles. The van der Waals surface area contributed by atoms with Crippen molar-refractivity contribution in [3.63, 3.8) is 0 Å². The number of carbonyl (C=O) groups excluding carboxylic acids is 10. The highest BCUT2D eigenvalue weighted by Gasteiger charge is 1.78. The van der Waals surface area contributed by atoms with E-state index in [9.17, 15) is 47.9 Å². The van der Waals surface area contributed by atoms with Crippen molar-refractivity contribution in [3.8, 4) is 0 Å². The van der Waals surface area contributed by atoms with Crippen molar-refractivity contribution in [2.75, 3.05) is 0 Å². The summed E-state index contributed by atoms with van der Waals surface area (Å²) in [6.07, 6.45) is 2.67. The van der Waals surface area contributed by atoms with Crippen molar-refractivity contribution < 1.29 is 47.9 Å². The maximum atomic E-state index is 9.81. The van der Waals surface area contributed by atoms with Crippen LogP contribution in [0.4, 0.5) is 0 Å². The molecule has 0 aromatic heterocycles. The second-order valence-electron chi connectivity index (χ2n) is 9.67. The Bertz CT molecular complexity index is 589. The molecule has 0 aliphatic carbocycles. The topological polar surface area (TPSA) is 171 Å². The lowest BCUT2D eigenvalue weighted by atomic mass is 10.4. The lowest BCUT2D eigenvalue weighted by molar-refractivity contribution is -0.117. The maximum absolute atomic E-state index is 9.81. The molecule has 10 nitrogen and oxygen atoms in total. The molecule has 0 unspecified atom stereocenters. The monoisotopic (exact) mass is 636 g/mol. The molecule has 0 radical (unpaired) electrons. The molecular weight excluding hydrogens is 568 g/mol. The minimum absolute atomic E-state index is 0.167. The summed E-state index contributed by atoms with van der Waals surface area (Å²) in [6, 6.07) is 0. The van der Waals surface area contributed by atoms with Crippen LogP contribution >= 0.6 is 0 Å². The van der Waals surface area contributed by atoms with E-state index in [4.69, 9.17) is 0 Å². The summed E-state index contributed by atoms with van der Waals surface area (Å²) in [6.45, 7) is 32.1. The van der Waals surface area contributed by atoms with Gasteiger partial charge in [0.05, 0.1) is 0 Å². The summed E-state index contributed by atoms with van der Waals surface area (Å²) >= 11 is 0. The highest BCUT2D eigenvalue weighted by atomic mass is 16.2. The second kappa shape index (κ2) is 63.1. The predicted octanol–water partition coefficient (Wildman–Crippen LogP) is 7.51. The van der Waals surface area contributed by atoms with Crippen LogP contribution in [0.1, 0.15) is 164 Å². The average molecular weight is 637 g/mol. The smallest absolute Gasteiger partial charge is 0.129 e. The molecule has 0 N–H and O–H groups in total. The number of Topliss-reactive ketones (excluding diaryl/α,β-unsaturated/α-hetero) is 10. The molecule has 0 heterocycles. The minimum Gasteiger partial charge on any atom is -0.300 e. The number of ketones is 10. The standard InChI is InChI=1S/4C4H8O.6C3H6O/c4*1-3-4(2)5;6*1-3(2)4/h4*3H2,1-2H3;6*1-2H3. The first-order valence-electron chi connectivity index (χ1n) is 14.3. The van der Waals surface area contributed by atoms with Crippen LogP contribution in [-0.4, -0.2) is 57.8 Å². The largest absolute Gasteiger partial charge is 0.300 e. The number of carbonyl (C=O) groups is 10. The van der Waals surface area contributed by atoms with Gasteiger partial charge in [0.2, 0.25) is 0 Å². The molecule has 0 amide bonds. The van der Waals surface area contributed by atoms with Crippen molar-refractivity contribution in [1.29, 1.82) is 0 Å². The fourth-order valence-corrected chi connectivity index (χ4v) is 0. The van der Waals surface area contributed by atoms with Gasteiger partial charge in [0.1, 0.15) is 57.8 Å². The zero-order valence-electron chi connectivity index (χ0n) is 31.9. The molecule has 0 saturated heterocycles. The molecule has 44 heavy (non-hydrogen) atoms. The summed E-state index contributed by atoms with van der Waals surface area (Å²) in [5.74, 6) is 2.02. The van der Waals surface area contributed by atoms with Crippen LogP contribution in [0, 0.1) is 0 Å². The van der Waals surface area contributed by atoms with Crippen LogP contribution in [0.15, 0.2) is 0 Å². The summed E-state index contributed by atoms with van der Waals surface area (Å²) in [7, 11) is 0. The van der Waals surface area contributed by atoms with Crippen LogP contribution in [0.5, 0.6) is 0 Å². The summed E-state index contributed by atoms with van der Waals surface area (Å²) in [5, 5.41) is 0. The average Bonchev–Trinajstić information content (AvgIpc) is 2.78. The van der Waals surface area contributed by atoms with Gasteiger partial charge in [0.25, 0.3) is 0 Å². The third kappa shape index (κ3) is 2490. The first-order chi connectivity index (χ1) is 19.5. The normalized spacial score (nSPS) is 7.00. The zero-order chi connectivity index (χ0) is 38.6. The van der Waals surface area contributed by atoms with E-state index < -0.39 is 0 Å². The molecule has 0 rings (SSSR count). The Morgan fingerprint density at radius 1 is 0.227 bits per heavy atom. The Morgan fingerprint density at radius 3 is 0.250 bits per heavy atom. The molecule has 0 bridgehead atoms. The number of rotatable bonds is 4. The molecule has 0 fully saturated rings. The van der Waals surface area contributed by atoms with Gasteiger partial charge in [-0.2, -0.15) is 0 Å². The van der Waals surface area contributed by atoms with E-state index in [1.54, 1.807) is 27.7 Å². The SMILES string of the molecule is CC(C)=O.CC(C)=O.CC(C)=O.CC(C)=O.CC(C)=O.CC(C)=O.CCC(C)=O.CCC(C)=O.CCC(C)=O.CCC(C)=O. The molecule has 0 atom stereocenters. The lowest BCUT2D eigenvalue weighted by Crippen LogP contribution is -1.80. The number of hydrogen-bond acceptors (Lipinski definition) is 10. The second-order valence-corrected chi connectivity index (χ2v) is 9.67. The molecule has 0 saturated carbocycles. The van der Waals surface area contributed by atoms with Crippen molar-refractivity contribution in [2.45, 2.75) is 164 Å². The van der Waals surface area contributed by atoms with Crippen molar-refractivity contribution in [2.24, 2.45) is 0 Å². The van der Waals surface area contributed by atoms with E-state index in [2.05, 4.69) is 0 Å². The molecule has 0 spiro atoms. The molecule has 0 aromatic carbocycles. The highest BCUT2D eigenvalue weighted by molar-refractivity contribution is 5.76. The van der Waals surface area contributed by atoms with Gasteiger partial charge >= 0.3 is 0 Å². The van der Waals surface area contributed by atoms with Crippen molar-refractivity contribution >= 4 is 57.8 Å². The Balaban J connectivity index is -0.0000000366. The van der Waals surface area contributed by atoms with Crippen LogP contribution in [0.3, 0.4) is 0 Å². The van der Waals surface area contributed by atoms with Crippen LogP contribution < -0.4 is 0 Å². The van der Waals surface area contributed by atoms with E-state index in [1.807, 2.05) is 27.7 Å². The quantitative estimate of drug-likeness (QED) is 0.300. The minimum atomic E-state index is 0.167. The Labute approximate surface area is 269 Å². The Kier molecular flexibility index (Phi) is 97.6. The van der Waals surface area contributed by atoms with E-state index in [0.717, 1.165) is 0 Å². The van der Waals surface area contributed by atoms with Gasteiger partial charge in [-0.3, -0.25) is 0 Å². The fourth-order valence-electron chi connectivity index (χ4n) is 0.